The number of amides is 2. The van der Waals surface area contributed by atoms with Crippen molar-refractivity contribution in [2.75, 3.05) is 31.1 Å². The highest BCUT2D eigenvalue weighted by Gasteiger charge is 2.35. The quantitative estimate of drug-likeness (QED) is 0.844. The van der Waals surface area contributed by atoms with Gasteiger partial charge in [-0.3, -0.25) is 0 Å². The lowest BCUT2D eigenvalue weighted by Gasteiger charge is -2.38. The second-order valence-corrected chi connectivity index (χ2v) is 5.19. The number of carbonyl (C=O) groups excluding carboxylic acids is 1. The third-order valence-electron chi connectivity index (χ3n) is 3.65. The van der Waals surface area contributed by atoms with E-state index in [4.69, 9.17) is 11.6 Å². The summed E-state index contributed by atoms with van der Waals surface area (Å²) in [6.07, 6.45) is 0. The maximum Gasteiger partial charge on any atom is 0.317 e. The molecule has 6 heteroatoms. The number of hydrogen-bond acceptors (Lipinski definition) is 3. The van der Waals surface area contributed by atoms with Crippen molar-refractivity contribution >= 4 is 23.3 Å². The number of hydrogen-bond donors (Lipinski definition) is 1. The number of rotatable bonds is 1. The molecular formula is C13H13ClN4O. The third-order valence-corrected chi connectivity index (χ3v) is 3.89. The SMILES string of the molecule is N#Cc1ccc(Cl)cc1N1CCN2C(=O)NCC2C1. The Balaban J connectivity index is 1.86. The van der Waals surface area contributed by atoms with Crippen LogP contribution in [-0.4, -0.2) is 43.2 Å². The van der Waals surface area contributed by atoms with Crippen LogP contribution in [0.15, 0.2) is 18.2 Å². The van der Waals surface area contributed by atoms with Crippen molar-refractivity contribution in [3.8, 4) is 6.07 Å². The summed E-state index contributed by atoms with van der Waals surface area (Å²) in [7, 11) is 0. The first kappa shape index (κ1) is 12.1. The summed E-state index contributed by atoms with van der Waals surface area (Å²) in [6, 6.07) is 7.66. The minimum atomic E-state index is 0.0104. The Morgan fingerprint density at radius 1 is 1.42 bits per heavy atom. The van der Waals surface area contributed by atoms with E-state index in [0.29, 0.717) is 23.7 Å². The largest absolute Gasteiger partial charge is 0.367 e. The smallest absolute Gasteiger partial charge is 0.317 e. The first-order valence-electron chi connectivity index (χ1n) is 6.18. The number of nitrogens with one attached hydrogen (secondary N) is 1. The Hall–Kier alpha value is -1.93. The lowest BCUT2D eigenvalue weighted by Crippen LogP contribution is -2.52. The van der Waals surface area contributed by atoms with Crippen LogP contribution in [0.4, 0.5) is 10.5 Å². The Morgan fingerprint density at radius 2 is 2.26 bits per heavy atom. The van der Waals surface area contributed by atoms with E-state index >= 15 is 0 Å². The van der Waals surface area contributed by atoms with E-state index in [-0.39, 0.29) is 12.1 Å². The minimum Gasteiger partial charge on any atom is -0.367 e. The average molecular weight is 277 g/mol. The average Bonchev–Trinajstić information content (AvgIpc) is 2.80. The first-order chi connectivity index (χ1) is 9.19. The molecule has 0 radical (unpaired) electrons. The fraction of sp³-hybridized carbons (Fsp3) is 0.385. The van der Waals surface area contributed by atoms with Gasteiger partial charge in [-0.05, 0) is 18.2 Å². The monoisotopic (exact) mass is 276 g/mol. The van der Waals surface area contributed by atoms with Gasteiger partial charge < -0.3 is 15.1 Å². The van der Waals surface area contributed by atoms with Gasteiger partial charge in [0.15, 0.2) is 0 Å². The fourth-order valence-electron chi connectivity index (χ4n) is 2.68. The topological polar surface area (TPSA) is 59.4 Å². The molecule has 2 aliphatic rings. The van der Waals surface area contributed by atoms with Crippen LogP contribution in [0.5, 0.6) is 0 Å². The highest BCUT2D eigenvalue weighted by atomic mass is 35.5. The predicted octanol–water partition coefficient (Wildman–Crippen LogP) is 1.43. The summed E-state index contributed by atoms with van der Waals surface area (Å²) in [6.45, 7) is 2.79. The Morgan fingerprint density at radius 3 is 3.05 bits per heavy atom. The lowest BCUT2D eigenvalue weighted by molar-refractivity contribution is 0.197. The van der Waals surface area contributed by atoms with Crippen LogP contribution < -0.4 is 10.2 Å². The van der Waals surface area contributed by atoms with Crippen molar-refractivity contribution in [1.82, 2.24) is 10.2 Å². The molecule has 1 N–H and O–H groups in total. The molecular weight excluding hydrogens is 264 g/mol. The van der Waals surface area contributed by atoms with E-state index in [1.807, 2.05) is 11.0 Å². The van der Waals surface area contributed by atoms with E-state index in [2.05, 4.69) is 16.3 Å². The zero-order valence-corrected chi connectivity index (χ0v) is 11.0. The summed E-state index contributed by atoms with van der Waals surface area (Å²) in [5.41, 5.74) is 1.48. The van der Waals surface area contributed by atoms with Gasteiger partial charge in [0.05, 0.1) is 17.3 Å². The molecule has 2 fully saturated rings. The van der Waals surface area contributed by atoms with Gasteiger partial charge in [-0.25, -0.2) is 4.79 Å². The molecule has 2 amide bonds. The second kappa shape index (κ2) is 4.63. The molecule has 1 unspecified atom stereocenters. The van der Waals surface area contributed by atoms with E-state index in [1.165, 1.54) is 0 Å². The van der Waals surface area contributed by atoms with Crippen LogP contribution in [0, 0.1) is 11.3 Å². The van der Waals surface area contributed by atoms with Gasteiger partial charge in [0.2, 0.25) is 0 Å². The number of piperazine rings is 1. The van der Waals surface area contributed by atoms with Crippen molar-refractivity contribution in [3.05, 3.63) is 28.8 Å². The highest BCUT2D eigenvalue weighted by Crippen LogP contribution is 2.27. The molecule has 1 aromatic carbocycles. The fourth-order valence-corrected chi connectivity index (χ4v) is 2.85. The summed E-state index contributed by atoms with van der Waals surface area (Å²) in [5.74, 6) is 0. The third kappa shape index (κ3) is 2.08. The molecule has 0 saturated carbocycles. The number of carbonyl (C=O) groups is 1. The Labute approximate surface area is 116 Å². The van der Waals surface area contributed by atoms with E-state index in [0.717, 1.165) is 18.8 Å². The van der Waals surface area contributed by atoms with Crippen molar-refractivity contribution in [3.63, 3.8) is 0 Å². The van der Waals surface area contributed by atoms with Gasteiger partial charge in [0, 0.05) is 31.2 Å². The number of anilines is 1. The number of fused-ring (bicyclic) bond motifs is 1. The number of benzene rings is 1. The number of nitriles is 1. The molecule has 3 rings (SSSR count). The van der Waals surface area contributed by atoms with Crippen LogP contribution in [-0.2, 0) is 0 Å². The normalized spacial score (nSPS) is 21.9. The summed E-state index contributed by atoms with van der Waals surface area (Å²) >= 11 is 6.01. The molecule has 19 heavy (non-hydrogen) atoms. The molecule has 0 spiro atoms. The van der Waals surface area contributed by atoms with Crippen LogP contribution in [0.25, 0.3) is 0 Å². The van der Waals surface area contributed by atoms with Gasteiger partial charge in [0.1, 0.15) is 6.07 Å². The van der Waals surface area contributed by atoms with Crippen LogP contribution in [0.2, 0.25) is 5.02 Å². The Kier molecular flexibility index (Phi) is 2.96. The number of nitrogens with zero attached hydrogens (tertiary/aromatic N) is 3. The van der Waals surface area contributed by atoms with Crippen LogP contribution in [0.1, 0.15) is 5.56 Å². The Bertz CT molecular complexity index is 568. The standard InChI is InChI=1S/C13H13ClN4O/c14-10-2-1-9(6-15)12(5-10)17-3-4-18-11(8-17)7-16-13(18)19/h1-2,5,11H,3-4,7-8H2,(H,16,19). The molecule has 1 atom stereocenters. The molecule has 0 aliphatic carbocycles. The zero-order valence-electron chi connectivity index (χ0n) is 10.3. The maximum absolute atomic E-state index is 11.6. The first-order valence-corrected chi connectivity index (χ1v) is 6.56. The highest BCUT2D eigenvalue weighted by molar-refractivity contribution is 6.30. The number of halogens is 1. The number of urea groups is 1. The van der Waals surface area contributed by atoms with Crippen molar-refractivity contribution in [2.45, 2.75) is 6.04 Å². The van der Waals surface area contributed by atoms with Crippen molar-refractivity contribution in [1.29, 1.82) is 5.26 Å². The molecule has 0 aromatic heterocycles. The molecule has 2 saturated heterocycles. The molecule has 98 valence electrons. The molecule has 5 nitrogen and oxygen atoms in total. The van der Waals surface area contributed by atoms with Gasteiger partial charge in [-0.1, -0.05) is 11.6 Å². The van der Waals surface area contributed by atoms with Gasteiger partial charge in [0.25, 0.3) is 0 Å². The second-order valence-electron chi connectivity index (χ2n) is 4.75. The summed E-state index contributed by atoms with van der Waals surface area (Å²) in [4.78, 5) is 15.5. The van der Waals surface area contributed by atoms with E-state index in [1.54, 1.807) is 12.1 Å². The van der Waals surface area contributed by atoms with Gasteiger partial charge >= 0.3 is 6.03 Å². The van der Waals surface area contributed by atoms with Crippen molar-refractivity contribution < 1.29 is 4.79 Å². The van der Waals surface area contributed by atoms with Crippen LogP contribution in [0.3, 0.4) is 0 Å². The van der Waals surface area contributed by atoms with Gasteiger partial charge in [-0.15, -0.1) is 0 Å². The maximum atomic E-state index is 11.6. The summed E-state index contributed by atoms with van der Waals surface area (Å²) < 4.78 is 0. The van der Waals surface area contributed by atoms with Gasteiger partial charge in [-0.2, -0.15) is 5.26 Å². The zero-order chi connectivity index (χ0) is 13.4. The summed E-state index contributed by atoms with van der Waals surface area (Å²) in [5, 5.41) is 12.6. The minimum absolute atomic E-state index is 0.0104. The van der Waals surface area contributed by atoms with Crippen LogP contribution >= 0.6 is 11.6 Å². The molecule has 1 aromatic rings. The lowest BCUT2D eigenvalue weighted by atomic mass is 10.1. The molecule has 0 bridgehead atoms. The molecule has 2 heterocycles. The van der Waals surface area contributed by atoms with E-state index < -0.39 is 0 Å². The van der Waals surface area contributed by atoms with Crippen molar-refractivity contribution in [2.24, 2.45) is 0 Å². The predicted molar refractivity (Wildman–Crippen MR) is 72.3 cm³/mol. The van der Waals surface area contributed by atoms with E-state index in [9.17, 15) is 10.1 Å². The molecule has 2 aliphatic heterocycles.